The third-order valence-corrected chi connectivity index (χ3v) is 4.17. The van der Waals surface area contributed by atoms with Crippen LogP contribution < -0.4 is 5.32 Å². The van der Waals surface area contributed by atoms with Crippen molar-refractivity contribution in [3.8, 4) is 0 Å². The highest BCUT2D eigenvalue weighted by atomic mass is 19.1. The summed E-state index contributed by atoms with van der Waals surface area (Å²) in [7, 11) is 1.60. The minimum absolute atomic E-state index is 0.0415. The van der Waals surface area contributed by atoms with Gasteiger partial charge in [-0.1, -0.05) is 6.07 Å². The first kappa shape index (κ1) is 14.6. The van der Waals surface area contributed by atoms with Gasteiger partial charge in [-0.05, 0) is 31.0 Å². The first-order valence-electron chi connectivity index (χ1n) is 7.38. The van der Waals surface area contributed by atoms with Crippen molar-refractivity contribution in [1.29, 1.82) is 0 Å². The quantitative estimate of drug-likeness (QED) is 0.890. The van der Waals surface area contributed by atoms with Crippen LogP contribution in [0.3, 0.4) is 0 Å². The van der Waals surface area contributed by atoms with Crippen molar-refractivity contribution in [2.75, 3.05) is 20.1 Å². The molecule has 2 N–H and O–H groups in total. The Labute approximate surface area is 127 Å². The average molecular weight is 303 g/mol. The van der Waals surface area contributed by atoms with Crippen molar-refractivity contribution in [2.24, 2.45) is 5.92 Å². The first-order valence-corrected chi connectivity index (χ1v) is 7.38. The molecule has 1 aliphatic heterocycles. The van der Waals surface area contributed by atoms with Crippen molar-refractivity contribution in [3.63, 3.8) is 0 Å². The zero-order valence-corrected chi connectivity index (χ0v) is 12.4. The van der Waals surface area contributed by atoms with Gasteiger partial charge in [0.25, 0.3) is 5.91 Å². The monoisotopic (exact) mass is 303 g/mol. The SMILES string of the molecule is CNC(=O)C1CCCN(C(=O)c2cc3c(F)cccc3[nH]2)C1. The Morgan fingerprint density at radius 1 is 1.41 bits per heavy atom. The predicted molar refractivity (Wildman–Crippen MR) is 81.0 cm³/mol. The van der Waals surface area contributed by atoms with Crippen LogP contribution in [0.15, 0.2) is 24.3 Å². The van der Waals surface area contributed by atoms with Gasteiger partial charge >= 0.3 is 0 Å². The van der Waals surface area contributed by atoms with Crippen LogP contribution in [0.4, 0.5) is 4.39 Å². The van der Waals surface area contributed by atoms with Gasteiger partial charge in [0.05, 0.1) is 5.92 Å². The number of benzene rings is 1. The van der Waals surface area contributed by atoms with Gasteiger partial charge in [0.15, 0.2) is 0 Å². The standard InChI is InChI=1S/C16H18FN3O2/c1-18-15(21)10-4-3-7-20(9-10)16(22)14-8-11-12(17)5-2-6-13(11)19-14/h2,5-6,8,10,19H,3-4,7,9H2,1H3,(H,18,21). The number of fused-ring (bicyclic) bond motifs is 1. The molecule has 1 saturated heterocycles. The lowest BCUT2D eigenvalue weighted by molar-refractivity contribution is -0.125. The third kappa shape index (κ3) is 2.56. The number of carbonyl (C=O) groups excluding carboxylic acids is 2. The summed E-state index contributed by atoms with van der Waals surface area (Å²) < 4.78 is 13.7. The highest BCUT2D eigenvalue weighted by Crippen LogP contribution is 2.22. The number of rotatable bonds is 2. The van der Waals surface area contributed by atoms with Gasteiger partial charge in [-0.3, -0.25) is 9.59 Å². The van der Waals surface area contributed by atoms with Crippen LogP contribution in [0, 0.1) is 11.7 Å². The van der Waals surface area contributed by atoms with Gasteiger partial charge in [0, 0.05) is 31.0 Å². The maximum Gasteiger partial charge on any atom is 0.270 e. The molecule has 1 aromatic heterocycles. The molecule has 2 aromatic rings. The molecule has 1 fully saturated rings. The molecule has 1 aromatic carbocycles. The van der Waals surface area contributed by atoms with E-state index in [-0.39, 0.29) is 23.5 Å². The molecule has 2 amide bonds. The lowest BCUT2D eigenvalue weighted by atomic mass is 9.97. The van der Waals surface area contributed by atoms with Crippen LogP contribution in [-0.2, 0) is 4.79 Å². The molecule has 3 rings (SSSR count). The van der Waals surface area contributed by atoms with E-state index in [1.54, 1.807) is 24.1 Å². The molecule has 0 bridgehead atoms. The topological polar surface area (TPSA) is 65.2 Å². The van der Waals surface area contributed by atoms with Crippen LogP contribution >= 0.6 is 0 Å². The Bertz CT molecular complexity index is 725. The van der Waals surface area contributed by atoms with Gasteiger partial charge in [0.1, 0.15) is 11.5 Å². The Balaban J connectivity index is 1.83. The Kier molecular flexibility index (Phi) is 3.83. The maximum atomic E-state index is 13.7. The average Bonchev–Trinajstić information content (AvgIpc) is 2.99. The summed E-state index contributed by atoms with van der Waals surface area (Å²) in [4.78, 5) is 28.9. The summed E-state index contributed by atoms with van der Waals surface area (Å²) in [6, 6.07) is 6.24. The van der Waals surface area contributed by atoms with E-state index < -0.39 is 0 Å². The van der Waals surface area contributed by atoms with Crippen LogP contribution in [-0.4, -0.2) is 41.8 Å². The number of amides is 2. The van der Waals surface area contributed by atoms with Crippen molar-refractivity contribution in [1.82, 2.24) is 15.2 Å². The summed E-state index contributed by atoms with van der Waals surface area (Å²) in [5.41, 5.74) is 0.959. The number of hydrogen-bond donors (Lipinski definition) is 2. The molecule has 0 saturated carbocycles. The number of aromatic amines is 1. The number of aromatic nitrogens is 1. The zero-order chi connectivity index (χ0) is 15.7. The van der Waals surface area contributed by atoms with Gasteiger partial charge in [-0.25, -0.2) is 4.39 Å². The molecular weight excluding hydrogens is 285 g/mol. The summed E-state index contributed by atoms with van der Waals surface area (Å²) >= 11 is 0. The summed E-state index contributed by atoms with van der Waals surface area (Å²) in [5, 5.41) is 3.04. The summed E-state index contributed by atoms with van der Waals surface area (Å²) in [5.74, 6) is -0.761. The highest BCUT2D eigenvalue weighted by molar-refractivity contribution is 5.98. The molecule has 0 radical (unpaired) electrons. The fraction of sp³-hybridized carbons (Fsp3) is 0.375. The number of H-pyrrole nitrogens is 1. The maximum absolute atomic E-state index is 13.7. The third-order valence-electron chi connectivity index (χ3n) is 4.17. The van der Waals surface area contributed by atoms with Crippen molar-refractivity contribution < 1.29 is 14.0 Å². The smallest absolute Gasteiger partial charge is 0.270 e. The van der Waals surface area contributed by atoms with Gasteiger partial charge in [-0.2, -0.15) is 0 Å². The Morgan fingerprint density at radius 2 is 2.23 bits per heavy atom. The predicted octanol–water partition coefficient (Wildman–Crippen LogP) is 1.91. The van der Waals surface area contributed by atoms with E-state index in [4.69, 9.17) is 0 Å². The summed E-state index contributed by atoms with van der Waals surface area (Å²) in [6.07, 6.45) is 1.57. The van der Waals surface area contributed by atoms with E-state index in [1.807, 2.05) is 0 Å². The van der Waals surface area contributed by atoms with Crippen molar-refractivity contribution in [2.45, 2.75) is 12.8 Å². The first-order chi connectivity index (χ1) is 10.6. The van der Waals surface area contributed by atoms with E-state index in [2.05, 4.69) is 10.3 Å². The second-order valence-electron chi connectivity index (χ2n) is 5.59. The second-order valence-corrected chi connectivity index (χ2v) is 5.59. The minimum Gasteiger partial charge on any atom is -0.359 e. The van der Waals surface area contributed by atoms with E-state index in [1.165, 1.54) is 12.1 Å². The van der Waals surface area contributed by atoms with Crippen LogP contribution in [0.25, 0.3) is 10.9 Å². The number of nitrogens with zero attached hydrogens (tertiary/aromatic N) is 1. The fourth-order valence-electron chi connectivity index (χ4n) is 2.98. The number of hydrogen-bond acceptors (Lipinski definition) is 2. The fourth-order valence-corrected chi connectivity index (χ4v) is 2.98. The largest absolute Gasteiger partial charge is 0.359 e. The second kappa shape index (κ2) is 5.79. The molecule has 22 heavy (non-hydrogen) atoms. The summed E-state index contributed by atoms with van der Waals surface area (Å²) in [6.45, 7) is 1.01. The zero-order valence-electron chi connectivity index (χ0n) is 12.4. The van der Waals surface area contributed by atoms with Crippen LogP contribution in [0.5, 0.6) is 0 Å². The highest BCUT2D eigenvalue weighted by Gasteiger charge is 2.29. The number of nitrogens with one attached hydrogen (secondary N) is 2. The van der Waals surface area contributed by atoms with E-state index >= 15 is 0 Å². The van der Waals surface area contributed by atoms with Gasteiger partial charge in [-0.15, -0.1) is 0 Å². The van der Waals surface area contributed by atoms with Gasteiger partial charge in [0.2, 0.25) is 5.91 Å². The lowest BCUT2D eigenvalue weighted by Gasteiger charge is -2.31. The number of piperidine rings is 1. The molecular formula is C16H18FN3O2. The number of halogens is 1. The van der Waals surface area contributed by atoms with Gasteiger partial charge < -0.3 is 15.2 Å². The Morgan fingerprint density at radius 3 is 2.95 bits per heavy atom. The lowest BCUT2D eigenvalue weighted by Crippen LogP contribution is -2.44. The molecule has 5 nitrogen and oxygen atoms in total. The molecule has 1 unspecified atom stereocenters. The van der Waals surface area contributed by atoms with Crippen LogP contribution in [0.2, 0.25) is 0 Å². The molecule has 1 atom stereocenters. The van der Waals surface area contributed by atoms with E-state index in [0.29, 0.717) is 29.7 Å². The van der Waals surface area contributed by atoms with Crippen molar-refractivity contribution in [3.05, 3.63) is 35.8 Å². The molecule has 116 valence electrons. The normalized spacial score (nSPS) is 18.5. The molecule has 6 heteroatoms. The molecule has 0 spiro atoms. The molecule has 1 aliphatic rings. The van der Waals surface area contributed by atoms with E-state index in [9.17, 15) is 14.0 Å². The minimum atomic E-state index is -0.352. The molecule has 0 aliphatic carbocycles. The van der Waals surface area contributed by atoms with Crippen molar-refractivity contribution >= 4 is 22.7 Å². The van der Waals surface area contributed by atoms with E-state index in [0.717, 1.165) is 12.8 Å². The molecule has 2 heterocycles. The Hall–Kier alpha value is -2.37. The van der Waals surface area contributed by atoms with Crippen LogP contribution in [0.1, 0.15) is 23.3 Å². The number of carbonyl (C=O) groups is 2. The number of likely N-dealkylation sites (tertiary alicyclic amines) is 1.